The predicted octanol–water partition coefficient (Wildman–Crippen LogP) is 3.85. The first-order valence-electron chi connectivity index (χ1n) is 15.5. The van der Waals surface area contributed by atoms with Gasteiger partial charge in [-0.3, -0.25) is 4.79 Å². The summed E-state index contributed by atoms with van der Waals surface area (Å²) in [6.45, 7) is 10.4. The van der Waals surface area contributed by atoms with Crippen LogP contribution in [0.25, 0.3) is 0 Å². The summed E-state index contributed by atoms with van der Waals surface area (Å²) in [6.07, 6.45) is -1.05. The quantitative estimate of drug-likeness (QED) is 0.223. The first-order chi connectivity index (χ1) is 21.8. The van der Waals surface area contributed by atoms with Crippen molar-refractivity contribution in [3.63, 3.8) is 0 Å². The average Bonchev–Trinajstić information content (AvgIpc) is 3.57. The van der Waals surface area contributed by atoms with E-state index < -0.39 is 34.1 Å². The van der Waals surface area contributed by atoms with Crippen LogP contribution in [0.5, 0.6) is 5.75 Å². The van der Waals surface area contributed by atoms with E-state index in [1.54, 1.807) is 9.80 Å². The fraction of sp³-hybridized carbons (Fsp3) is 0.485. The van der Waals surface area contributed by atoms with E-state index in [0.29, 0.717) is 19.6 Å². The number of aliphatic hydroxyl groups is 1. The van der Waals surface area contributed by atoms with E-state index >= 15 is 0 Å². The number of urea groups is 1. The van der Waals surface area contributed by atoms with E-state index in [-0.39, 0.29) is 48.0 Å². The maximum Gasteiger partial charge on any atom is 0.321 e. The van der Waals surface area contributed by atoms with Crippen LogP contribution in [0, 0.1) is 18.8 Å². The third-order valence-corrected chi connectivity index (χ3v) is 10.5. The van der Waals surface area contributed by atoms with Crippen molar-refractivity contribution in [2.45, 2.75) is 70.7 Å². The van der Waals surface area contributed by atoms with Gasteiger partial charge in [0.05, 0.1) is 34.3 Å². The lowest BCUT2D eigenvalue weighted by Gasteiger charge is -2.34. The highest BCUT2D eigenvalue weighted by molar-refractivity contribution is 7.89. The number of hydrogen-bond donors (Lipinski definition) is 3. The molecule has 4 rings (SSSR count). The van der Waals surface area contributed by atoms with Gasteiger partial charge in [0.15, 0.2) is 0 Å². The zero-order valence-electron chi connectivity index (χ0n) is 27.0. The molecule has 1 aromatic heterocycles. The summed E-state index contributed by atoms with van der Waals surface area (Å²) >= 11 is 1.52. The molecule has 250 valence electrons. The highest BCUT2D eigenvalue weighted by atomic mass is 32.2. The summed E-state index contributed by atoms with van der Waals surface area (Å²) in [5.74, 6) is -0.898. The van der Waals surface area contributed by atoms with Crippen LogP contribution in [0.4, 0.5) is 4.79 Å². The van der Waals surface area contributed by atoms with Gasteiger partial charge in [0, 0.05) is 31.6 Å². The van der Waals surface area contributed by atoms with Crippen LogP contribution in [0.1, 0.15) is 44.0 Å². The lowest BCUT2D eigenvalue weighted by atomic mass is 9.97. The first kappa shape index (κ1) is 35.3. The molecule has 0 saturated carbocycles. The van der Waals surface area contributed by atoms with Gasteiger partial charge >= 0.3 is 6.03 Å². The van der Waals surface area contributed by atoms with Gasteiger partial charge in [-0.1, -0.05) is 64.1 Å². The standard InChI is InChI=1S/C33H45N5O6S2/c1-22(2)18-37(46(43,44)28-13-9-12-27(39)17-28)20-30(40)29(16-25-10-7-6-8-11-25)35-32(41)31(23(3)4)38-15-14-36(33(38)42)19-26-21-45-24(5)34-26/h6-13,17,21-23,29-31,39-40H,14-16,18-20H2,1-5H3,(H,35,41)/t29-,30+,31?/m0/s1. The van der Waals surface area contributed by atoms with Crippen molar-refractivity contribution in [3.05, 3.63) is 76.2 Å². The van der Waals surface area contributed by atoms with E-state index in [4.69, 9.17) is 0 Å². The molecule has 1 unspecified atom stereocenters. The molecule has 0 radical (unpaired) electrons. The summed E-state index contributed by atoms with van der Waals surface area (Å²) in [5.41, 5.74) is 1.65. The number of thiazole rings is 1. The Kier molecular flexibility index (Phi) is 11.8. The van der Waals surface area contributed by atoms with Gasteiger partial charge in [-0.2, -0.15) is 4.31 Å². The van der Waals surface area contributed by atoms with E-state index in [1.165, 1.54) is 39.9 Å². The molecule has 11 nitrogen and oxygen atoms in total. The number of aliphatic hydroxyl groups excluding tert-OH is 1. The van der Waals surface area contributed by atoms with Crippen LogP contribution >= 0.6 is 11.3 Å². The van der Waals surface area contributed by atoms with Crippen LogP contribution in [0.15, 0.2) is 64.9 Å². The number of phenolic OH excluding ortho intramolecular Hbond substituents is 1. The van der Waals surface area contributed by atoms with Crippen LogP contribution in [-0.2, 0) is 27.8 Å². The van der Waals surface area contributed by atoms with Crippen LogP contribution in [0.3, 0.4) is 0 Å². The molecule has 1 saturated heterocycles. The lowest BCUT2D eigenvalue weighted by Crippen LogP contribution is -2.57. The second-order valence-corrected chi connectivity index (χ2v) is 15.5. The van der Waals surface area contributed by atoms with Crippen LogP contribution in [-0.4, -0.2) is 94.0 Å². The van der Waals surface area contributed by atoms with Gasteiger partial charge in [-0.25, -0.2) is 18.2 Å². The van der Waals surface area contributed by atoms with Crippen molar-refractivity contribution in [2.75, 3.05) is 26.2 Å². The highest BCUT2D eigenvalue weighted by Crippen LogP contribution is 2.24. The maximum absolute atomic E-state index is 14.0. The van der Waals surface area contributed by atoms with Crippen molar-refractivity contribution in [2.24, 2.45) is 11.8 Å². The molecule has 0 aliphatic carbocycles. The molecule has 0 bridgehead atoms. The number of carbonyl (C=O) groups excluding carboxylic acids is 2. The second kappa shape index (κ2) is 15.4. The highest BCUT2D eigenvalue weighted by Gasteiger charge is 2.40. The van der Waals surface area contributed by atoms with Gasteiger partial charge in [-0.05, 0) is 48.9 Å². The number of hydrogen-bond acceptors (Lipinski definition) is 8. The van der Waals surface area contributed by atoms with Crippen LogP contribution in [0.2, 0.25) is 0 Å². The topological polar surface area (TPSA) is 143 Å². The number of aromatic hydroxyl groups is 1. The van der Waals surface area contributed by atoms with E-state index in [2.05, 4.69) is 10.3 Å². The van der Waals surface area contributed by atoms with Gasteiger partial charge in [0.1, 0.15) is 11.8 Å². The largest absolute Gasteiger partial charge is 0.508 e. The van der Waals surface area contributed by atoms with Crippen molar-refractivity contribution in [3.8, 4) is 5.75 Å². The second-order valence-electron chi connectivity index (χ2n) is 12.5. The number of amides is 3. The fourth-order valence-electron chi connectivity index (χ4n) is 5.71. The Morgan fingerprint density at radius 2 is 1.78 bits per heavy atom. The molecule has 3 N–H and O–H groups in total. The number of nitrogens with zero attached hydrogens (tertiary/aromatic N) is 4. The molecule has 2 heterocycles. The third-order valence-electron chi connectivity index (χ3n) is 7.89. The number of sulfonamides is 1. The summed E-state index contributed by atoms with van der Waals surface area (Å²) in [5, 5.41) is 27.4. The predicted molar refractivity (Wildman–Crippen MR) is 178 cm³/mol. The molecule has 46 heavy (non-hydrogen) atoms. The molecule has 1 fully saturated rings. The van der Waals surface area contributed by atoms with Crippen molar-refractivity contribution < 1.29 is 28.2 Å². The molecule has 3 atom stereocenters. The van der Waals surface area contributed by atoms with Gasteiger partial charge in [0.25, 0.3) is 0 Å². The first-order valence-corrected chi connectivity index (χ1v) is 17.9. The molecule has 1 aliphatic rings. The monoisotopic (exact) mass is 671 g/mol. The molecule has 0 spiro atoms. The third kappa shape index (κ3) is 8.84. The number of aryl methyl sites for hydroxylation is 1. The van der Waals surface area contributed by atoms with Gasteiger partial charge in [0.2, 0.25) is 15.9 Å². The summed E-state index contributed by atoms with van der Waals surface area (Å²) in [4.78, 5) is 35.1. The Labute approximate surface area is 275 Å². The number of carbonyl (C=O) groups is 2. The zero-order valence-corrected chi connectivity index (χ0v) is 28.7. The molecular formula is C33H45N5O6S2. The number of benzene rings is 2. The number of rotatable bonds is 15. The number of aromatic nitrogens is 1. The maximum atomic E-state index is 14.0. The van der Waals surface area contributed by atoms with Crippen LogP contribution < -0.4 is 5.32 Å². The molecule has 2 aromatic carbocycles. The van der Waals surface area contributed by atoms with E-state index in [1.807, 2.05) is 70.3 Å². The molecule has 3 aromatic rings. The zero-order chi connectivity index (χ0) is 33.6. The average molecular weight is 672 g/mol. The molecular weight excluding hydrogens is 627 g/mol. The van der Waals surface area contributed by atoms with Crippen molar-refractivity contribution in [1.29, 1.82) is 0 Å². The molecule has 13 heteroatoms. The Balaban J connectivity index is 1.57. The minimum atomic E-state index is -4.09. The molecule has 1 aliphatic heterocycles. The summed E-state index contributed by atoms with van der Waals surface area (Å²) in [6, 6.07) is 12.8. The number of phenols is 1. The Morgan fingerprint density at radius 1 is 1.07 bits per heavy atom. The van der Waals surface area contributed by atoms with E-state index in [0.717, 1.165) is 16.3 Å². The van der Waals surface area contributed by atoms with Crippen molar-refractivity contribution in [1.82, 2.24) is 24.4 Å². The number of nitrogens with one attached hydrogen (secondary N) is 1. The summed E-state index contributed by atoms with van der Waals surface area (Å²) in [7, 11) is -4.09. The van der Waals surface area contributed by atoms with Crippen molar-refractivity contribution >= 4 is 33.3 Å². The van der Waals surface area contributed by atoms with E-state index in [9.17, 15) is 28.2 Å². The van der Waals surface area contributed by atoms with Gasteiger partial charge < -0.3 is 25.3 Å². The smallest absolute Gasteiger partial charge is 0.321 e. The normalized spacial score (nSPS) is 16.0. The summed E-state index contributed by atoms with van der Waals surface area (Å²) < 4.78 is 28.6. The minimum absolute atomic E-state index is 0.0657. The lowest BCUT2D eigenvalue weighted by molar-refractivity contribution is -0.128. The fourth-order valence-corrected chi connectivity index (χ4v) is 7.98. The SMILES string of the molecule is Cc1nc(CN2CCN(C(C(=O)N[C@@H](Cc3ccccc3)[C@H](O)CN(CC(C)C)S(=O)(=O)c3cccc(O)c3)C(C)C)C2=O)cs1. The molecule has 3 amide bonds. The minimum Gasteiger partial charge on any atom is -0.508 e. The Morgan fingerprint density at radius 3 is 2.39 bits per heavy atom. The Bertz CT molecular complexity index is 1580. The van der Waals surface area contributed by atoms with Gasteiger partial charge in [-0.15, -0.1) is 11.3 Å². The Hall–Kier alpha value is -3.52.